The van der Waals surface area contributed by atoms with Crippen LogP contribution in [0.25, 0.3) is 0 Å². The van der Waals surface area contributed by atoms with Gasteiger partial charge in [-0.05, 0) is 52.0 Å². The fraction of sp³-hybridized carbons (Fsp3) is 0.667. The van der Waals surface area contributed by atoms with Crippen LogP contribution >= 0.6 is 0 Å². The van der Waals surface area contributed by atoms with Gasteiger partial charge in [0.15, 0.2) is 0 Å². The lowest BCUT2D eigenvalue weighted by Gasteiger charge is -2.46. The summed E-state index contributed by atoms with van der Waals surface area (Å²) in [5.41, 5.74) is 0.541. The molecule has 0 saturated carbocycles. The Morgan fingerprint density at radius 3 is 2.10 bits per heavy atom. The normalized spacial score (nSPS) is 24.9. The lowest BCUT2D eigenvalue weighted by Crippen LogP contribution is -2.60. The summed E-state index contributed by atoms with van der Waals surface area (Å²) < 4.78 is 11.1. The maximum absolute atomic E-state index is 12.7. The van der Waals surface area contributed by atoms with Gasteiger partial charge in [0.25, 0.3) is 0 Å². The summed E-state index contributed by atoms with van der Waals surface area (Å²) >= 11 is 0. The number of rotatable bonds is 3. The maximum atomic E-state index is 12.7. The molecule has 3 aliphatic heterocycles. The Bertz CT molecular complexity index is 757. The summed E-state index contributed by atoms with van der Waals surface area (Å²) in [6.07, 6.45) is 3.60. The Hall–Kier alpha value is -2.28. The van der Waals surface area contributed by atoms with Crippen molar-refractivity contribution in [3.05, 3.63) is 35.9 Å². The average Bonchev–Trinajstić information content (AvgIpc) is 3.01. The van der Waals surface area contributed by atoms with Gasteiger partial charge >= 0.3 is 12.2 Å². The van der Waals surface area contributed by atoms with Crippen LogP contribution in [0, 0.1) is 0 Å². The highest BCUT2D eigenvalue weighted by Crippen LogP contribution is 2.34. The summed E-state index contributed by atoms with van der Waals surface area (Å²) in [5.74, 6) is 0. The standard InChI is InChI=1S/C24H35N3O4/c1-24(2,3)31-23(29)27-20-9-10-21(27)16-26(15-20)19-11-13-25(14-12-19)22(28)30-17-18-7-5-4-6-8-18/h4-8,19-21H,9-17H2,1-3H3. The molecule has 1 aromatic carbocycles. The van der Waals surface area contributed by atoms with Gasteiger partial charge < -0.3 is 14.4 Å². The molecule has 31 heavy (non-hydrogen) atoms. The molecule has 3 aliphatic rings. The van der Waals surface area contributed by atoms with Gasteiger partial charge in [0.05, 0.1) is 0 Å². The molecule has 170 valence electrons. The number of hydrogen-bond donors (Lipinski definition) is 0. The minimum atomic E-state index is -0.463. The van der Waals surface area contributed by atoms with Gasteiger partial charge in [0.1, 0.15) is 12.2 Å². The van der Waals surface area contributed by atoms with Crippen LogP contribution in [-0.2, 0) is 16.1 Å². The quantitative estimate of drug-likeness (QED) is 0.730. The van der Waals surface area contributed by atoms with E-state index in [9.17, 15) is 9.59 Å². The van der Waals surface area contributed by atoms with Crippen molar-refractivity contribution in [2.75, 3.05) is 26.2 Å². The molecule has 2 bridgehead atoms. The van der Waals surface area contributed by atoms with Crippen LogP contribution in [0.2, 0.25) is 0 Å². The maximum Gasteiger partial charge on any atom is 0.410 e. The molecule has 3 fully saturated rings. The van der Waals surface area contributed by atoms with Crippen molar-refractivity contribution < 1.29 is 19.1 Å². The molecule has 1 aromatic rings. The van der Waals surface area contributed by atoms with Gasteiger partial charge in [0, 0.05) is 44.3 Å². The van der Waals surface area contributed by atoms with Gasteiger partial charge in [0.2, 0.25) is 0 Å². The SMILES string of the molecule is CC(C)(C)OC(=O)N1C2CCC1CN(C1CCN(C(=O)OCc3ccccc3)CC1)C2. The third kappa shape index (κ3) is 5.32. The zero-order valence-corrected chi connectivity index (χ0v) is 19.0. The van der Waals surface area contributed by atoms with Crippen molar-refractivity contribution in [2.24, 2.45) is 0 Å². The Morgan fingerprint density at radius 1 is 0.903 bits per heavy atom. The van der Waals surface area contributed by atoms with Crippen LogP contribution in [0.1, 0.15) is 52.0 Å². The average molecular weight is 430 g/mol. The second kappa shape index (κ2) is 9.07. The van der Waals surface area contributed by atoms with Crippen molar-refractivity contribution in [1.82, 2.24) is 14.7 Å². The number of ether oxygens (including phenoxy) is 2. The fourth-order valence-electron chi connectivity index (χ4n) is 5.07. The summed E-state index contributed by atoms with van der Waals surface area (Å²) in [6.45, 7) is 9.32. The second-order valence-electron chi connectivity index (χ2n) is 9.98. The Morgan fingerprint density at radius 2 is 1.52 bits per heavy atom. The Kier molecular flexibility index (Phi) is 6.42. The lowest BCUT2D eigenvalue weighted by molar-refractivity contribution is -0.0169. The number of amides is 2. The number of carbonyl (C=O) groups excluding carboxylic acids is 2. The van der Waals surface area contributed by atoms with Crippen LogP contribution in [0.3, 0.4) is 0 Å². The molecule has 2 atom stereocenters. The molecule has 3 heterocycles. The predicted octanol–water partition coefficient (Wildman–Crippen LogP) is 3.87. The molecule has 4 rings (SSSR count). The highest BCUT2D eigenvalue weighted by molar-refractivity contribution is 5.70. The van der Waals surface area contributed by atoms with Crippen molar-refractivity contribution in [2.45, 2.75) is 76.8 Å². The van der Waals surface area contributed by atoms with Gasteiger partial charge in [-0.2, -0.15) is 0 Å². The zero-order valence-electron chi connectivity index (χ0n) is 19.0. The molecule has 0 aromatic heterocycles. The van der Waals surface area contributed by atoms with Gasteiger partial charge in [-0.15, -0.1) is 0 Å². The van der Waals surface area contributed by atoms with E-state index in [1.807, 2.05) is 60.9 Å². The second-order valence-corrected chi connectivity index (χ2v) is 9.98. The zero-order chi connectivity index (χ0) is 22.0. The van der Waals surface area contributed by atoms with E-state index < -0.39 is 5.60 Å². The first-order chi connectivity index (χ1) is 14.8. The van der Waals surface area contributed by atoms with Crippen LogP contribution in [0.5, 0.6) is 0 Å². The molecular weight excluding hydrogens is 394 g/mol. The summed E-state index contributed by atoms with van der Waals surface area (Å²) in [7, 11) is 0. The monoisotopic (exact) mass is 429 g/mol. The molecule has 3 saturated heterocycles. The number of hydrogen-bond acceptors (Lipinski definition) is 5. The molecule has 7 heteroatoms. The topological polar surface area (TPSA) is 62.3 Å². The number of nitrogens with zero attached hydrogens (tertiary/aromatic N) is 3. The number of fused-ring (bicyclic) bond motifs is 2. The van der Waals surface area contributed by atoms with E-state index >= 15 is 0 Å². The Labute approximate surface area is 185 Å². The highest BCUT2D eigenvalue weighted by atomic mass is 16.6. The van der Waals surface area contributed by atoms with Crippen LogP contribution in [0.4, 0.5) is 9.59 Å². The number of piperazine rings is 1. The van der Waals surface area contributed by atoms with E-state index in [4.69, 9.17) is 9.47 Å². The highest BCUT2D eigenvalue weighted by Gasteiger charge is 2.46. The smallest absolute Gasteiger partial charge is 0.410 e. The van der Waals surface area contributed by atoms with Crippen molar-refractivity contribution >= 4 is 12.2 Å². The van der Waals surface area contributed by atoms with E-state index in [-0.39, 0.29) is 24.3 Å². The minimum absolute atomic E-state index is 0.171. The number of piperidine rings is 1. The van der Waals surface area contributed by atoms with Gasteiger partial charge in [-0.25, -0.2) is 9.59 Å². The first-order valence-electron chi connectivity index (χ1n) is 11.5. The van der Waals surface area contributed by atoms with Crippen LogP contribution in [0.15, 0.2) is 30.3 Å². The molecule has 2 amide bonds. The van der Waals surface area contributed by atoms with Crippen molar-refractivity contribution in [3.63, 3.8) is 0 Å². The van der Waals surface area contributed by atoms with E-state index in [1.165, 1.54) is 0 Å². The first kappa shape index (κ1) is 21.9. The van der Waals surface area contributed by atoms with E-state index in [0.717, 1.165) is 57.4 Å². The van der Waals surface area contributed by atoms with E-state index in [2.05, 4.69) is 4.90 Å². The summed E-state index contributed by atoms with van der Waals surface area (Å²) in [4.78, 5) is 31.4. The predicted molar refractivity (Wildman–Crippen MR) is 118 cm³/mol. The van der Waals surface area contributed by atoms with Crippen LogP contribution < -0.4 is 0 Å². The van der Waals surface area contributed by atoms with Crippen LogP contribution in [-0.4, -0.2) is 76.8 Å². The summed E-state index contributed by atoms with van der Waals surface area (Å²) in [6, 6.07) is 10.7. The lowest BCUT2D eigenvalue weighted by atomic mass is 10.0. The summed E-state index contributed by atoms with van der Waals surface area (Å²) in [5, 5.41) is 0. The number of benzene rings is 1. The minimum Gasteiger partial charge on any atom is -0.445 e. The first-order valence-corrected chi connectivity index (χ1v) is 11.5. The molecular formula is C24H35N3O4. The Balaban J connectivity index is 1.25. The largest absolute Gasteiger partial charge is 0.445 e. The van der Waals surface area contributed by atoms with Gasteiger partial charge in [-0.1, -0.05) is 30.3 Å². The van der Waals surface area contributed by atoms with Crippen molar-refractivity contribution in [3.8, 4) is 0 Å². The van der Waals surface area contributed by atoms with E-state index in [1.54, 1.807) is 0 Å². The third-order valence-corrected chi connectivity index (χ3v) is 6.56. The van der Waals surface area contributed by atoms with Gasteiger partial charge in [-0.3, -0.25) is 9.80 Å². The fourth-order valence-corrected chi connectivity index (χ4v) is 5.07. The molecule has 0 radical (unpaired) electrons. The molecule has 0 N–H and O–H groups in total. The number of carbonyl (C=O) groups is 2. The number of likely N-dealkylation sites (tertiary alicyclic amines) is 2. The molecule has 7 nitrogen and oxygen atoms in total. The van der Waals surface area contributed by atoms with E-state index in [0.29, 0.717) is 12.6 Å². The molecule has 0 spiro atoms. The van der Waals surface area contributed by atoms with Crippen molar-refractivity contribution in [1.29, 1.82) is 0 Å². The third-order valence-electron chi connectivity index (χ3n) is 6.56. The molecule has 2 unspecified atom stereocenters. The molecule has 0 aliphatic carbocycles.